The topological polar surface area (TPSA) is 81.5 Å². The molecule has 1 aliphatic rings. The molecule has 2 heterocycles. The number of rotatable bonds is 4. The maximum absolute atomic E-state index is 15.2. The van der Waals surface area contributed by atoms with Crippen molar-refractivity contribution in [3.8, 4) is 11.4 Å². The van der Waals surface area contributed by atoms with Crippen LogP contribution in [0.2, 0.25) is 5.02 Å². The highest BCUT2D eigenvalue weighted by molar-refractivity contribution is 7.90. The van der Waals surface area contributed by atoms with Crippen molar-refractivity contribution in [1.29, 1.82) is 0 Å². The molecule has 0 radical (unpaired) electrons. The molecule has 1 fully saturated rings. The lowest BCUT2D eigenvalue weighted by molar-refractivity contribution is -0.136. The molecular weight excluding hydrogens is 476 g/mol. The number of aryl methyl sites for hydroxylation is 1. The first-order chi connectivity index (χ1) is 15.5. The van der Waals surface area contributed by atoms with Crippen LogP contribution in [-0.4, -0.2) is 60.8 Å². The number of imidazole rings is 1. The lowest BCUT2D eigenvalue weighted by Gasteiger charge is -2.32. The van der Waals surface area contributed by atoms with Crippen molar-refractivity contribution in [1.82, 2.24) is 14.5 Å². The van der Waals surface area contributed by atoms with Crippen LogP contribution in [0.25, 0.3) is 22.4 Å². The third-order valence-electron chi connectivity index (χ3n) is 5.67. The summed E-state index contributed by atoms with van der Waals surface area (Å²) in [5.41, 5.74) is 1.09. The van der Waals surface area contributed by atoms with Gasteiger partial charge in [-0.15, -0.1) is 0 Å². The van der Waals surface area contributed by atoms with Crippen molar-refractivity contribution in [3.63, 3.8) is 0 Å². The molecular formula is C22H22ClF2N3O4S. The average Bonchev–Trinajstić information content (AvgIpc) is 3.04. The van der Waals surface area contributed by atoms with Gasteiger partial charge in [-0.25, -0.2) is 22.2 Å². The second-order valence-electron chi connectivity index (χ2n) is 8.13. The summed E-state index contributed by atoms with van der Waals surface area (Å²) in [7, 11) is -3.69. The van der Waals surface area contributed by atoms with Gasteiger partial charge in [0.1, 0.15) is 17.5 Å². The van der Waals surface area contributed by atoms with E-state index in [1.807, 2.05) is 0 Å². The summed E-state index contributed by atoms with van der Waals surface area (Å²) in [5, 5.41) is -0.140. The van der Waals surface area contributed by atoms with Crippen LogP contribution in [0.5, 0.6) is 0 Å². The maximum atomic E-state index is 15.2. The van der Waals surface area contributed by atoms with Crippen LogP contribution in [0.15, 0.2) is 29.2 Å². The molecule has 0 bridgehead atoms. The molecule has 11 heteroatoms. The van der Waals surface area contributed by atoms with E-state index in [2.05, 4.69) is 4.98 Å². The van der Waals surface area contributed by atoms with Gasteiger partial charge in [0, 0.05) is 32.3 Å². The lowest BCUT2D eigenvalue weighted by Crippen LogP contribution is -2.46. The zero-order chi connectivity index (χ0) is 24.1. The summed E-state index contributed by atoms with van der Waals surface area (Å²) in [5.74, 6) is -1.30. The van der Waals surface area contributed by atoms with Crippen LogP contribution in [0, 0.1) is 18.6 Å². The minimum absolute atomic E-state index is 0.0915. The van der Waals surface area contributed by atoms with Crippen molar-refractivity contribution in [3.05, 3.63) is 46.5 Å². The minimum atomic E-state index is -3.69. The van der Waals surface area contributed by atoms with Crippen LogP contribution in [0.1, 0.15) is 12.5 Å². The molecule has 1 aromatic heterocycles. The number of carbonyl (C=O) groups is 1. The van der Waals surface area contributed by atoms with Gasteiger partial charge in [-0.2, -0.15) is 0 Å². The molecule has 7 nitrogen and oxygen atoms in total. The number of carbonyl (C=O) groups excluding carboxylic acids is 1. The van der Waals surface area contributed by atoms with Gasteiger partial charge in [-0.1, -0.05) is 11.6 Å². The first kappa shape index (κ1) is 23.6. The molecule has 0 unspecified atom stereocenters. The Morgan fingerprint density at radius 2 is 1.97 bits per heavy atom. The van der Waals surface area contributed by atoms with Crippen molar-refractivity contribution >= 4 is 38.4 Å². The normalized spacial score (nSPS) is 17.0. The smallest absolute Gasteiger partial charge is 0.219 e. The van der Waals surface area contributed by atoms with E-state index >= 15 is 4.39 Å². The van der Waals surface area contributed by atoms with Gasteiger partial charge in [-0.3, -0.25) is 4.79 Å². The molecule has 3 aromatic rings. The summed E-state index contributed by atoms with van der Waals surface area (Å²) in [6.45, 7) is 4.32. The predicted molar refractivity (Wildman–Crippen MR) is 120 cm³/mol. The number of halogens is 3. The first-order valence-electron chi connectivity index (χ1n) is 10.2. The number of morpholine rings is 1. The molecule has 0 N–H and O–H groups in total. The standard InChI is InChI=1S/C22H22ClF2N3O4S/c1-12-6-19-20(9-17(12)24)28(11-14-10-27(13(2)29)4-5-32-14)22(26-19)21-16(23)7-15(8-18(21)25)33(3,30)31/h6-9,14H,4-5,10-11H2,1-3H3/t14-/m1/s1. The molecule has 0 spiro atoms. The fourth-order valence-corrected chi connectivity index (χ4v) is 4.93. The van der Waals surface area contributed by atoms with Crippen LogP contribution < -0.4 is 0 Å². The van der Waals surface area contributed by atoms with E-state index in [4.69, 9.17) is 16.3 Å². The van der Waals surface area contributed by atoms with E-state index in [1.54, 1.807) is 22.5 Å². The van der Waals surface area contributed by atoms with E-state index in [0.29, 0.717) is 36.3 Å². The molecule has 4 rings (SSSR count). The number of nitrogens with zero attached hydrogens (tertiary/aromatic N) is 3. The predicted octanol–water partition coefficient (Wildman–Crippen LogP) is 3.59. The molecule has 1 amide bonds. The van der Waals surface area contributed by atoms with Crippen LogP contribution in [0.3, 0.4) is 0 Å². The number of benzene rings is 2. The second-order valence-corrected chi connectivity index (χ2v) is 10.6. The Bertz CT molecular complexity index is 1350. The number of aromatic nitrogens is 2. The number of hydrogen-bond donors (Lipinski definition) is 0. The van der Waals surface area contributed by atoms with Crippen molar-refractivity contribution in [2.45, 2.75) is 31.4 Å². The number of fused-ring (bicyclic) bond motifs is 1. The third kappa shape index (κ3) is 4.60. The zero-order valence-corrected chi connectivity index (χ0v) is 19.8. The summed E-state index contributed by atoms with van der Waals surface area (Å²) in [4.78, 5) is 17.7. The van der Waals surface area contributed by atoms with Gasteiger partial charge in [0.25, 0.3) is 0 Å². The summed E-state index contributed by atoms with van der Waals surface area (Å²) in [6, 6.07) is 4.91. The Morgan fingerprint density at radius 1 is 1.24 bits per heavy atom. The second kappa shape index (κ2) is 8.66. The third-order valence-corrected chi connectivity index (χ3v) is 7.06. The number of ether oxygens (including phenoxy) is 1. The molecule has 176 valence electrons. The van der Waals surface area contributed by atoms with E-state index in [0.717, 1.165) is 12.3 Å². The van der Waals surface area contributed by atoms with E-state index in [9.17, 15) is 17.6 Å². The van der Waals surface area contributed by atoms with Crippen LogP contribution in [0.4, 0.5) is 8.78 Å². The summed E-state index contributed by atoms with van der Waals surface area (Å²) >= 11 is 6.33. The SMILES string of the molecule is CC(=O)N1CCO[C@@H](Cn2c(-c3c(F)cc(S(C)(=O)=O)cc3Cl)nc3cc(C)c(F)cc32)C1. The fourth-order valence-electron chi connectivity index (χ4n) is 3.92. The van der Waals surface area contributed by atoms with Crippen molar-refractivity contribution in [2.24, 2.45) is 0 Å². The molecule has 1 aliphatic heterocycles. The van der Waals surface area contributed by atoms with Gasteiger partial charge in [0.15, 0.2) is 9.84 Å². The van der Waals surface area contributed by atoms with Gasteiger partial charge in [-0.05, 0) is 30.7 Å². The fraction of sp³-hybridized carbons (Fsp3) is 0.364. The van der Waals surface area contributed by atoms with E-state index in [-0.39, 0.29) is 33.8 Å². The summed E-state index contributed by atoms with van der Waals surface area (Å²) in [6.07, 6.45) is 0.514. The maximum Gasteiger partial charge on any atom is 0.219 e. The zero-order valence-electron chi connectivity index (χ0n) is 18.2. The molecule has 1 atom stereocenters. The Kier molecular flexibility index (Phi) is 6.19. The highest BCUT2D eigenvalue weighted by Gasteiger charge is 2.27. The van der Waals surface area contributed by atoms with E-state index in [1.165, 1.54) is 19.1 Å². The van der Waals surface area contributed by atoms with Crippen molar-refractivity contribution < 1.29 is 26.7 Å². The lowest BCUT2D eigenvalue weighted by atomic mass is 10.1. The monoisotopic (exact) mass is 497 g/mol. The Labute approximate surface area is 194 Å². The largest absolute Gasteiger partial charge is 0.373 e. The van der Waals surface area contributed by atoms with Gasteiger partial charge in [0.2, 0.25) is 5.91 Å². The highest BCUT2D eigenvalue weighted by Crippen LogP contribution is 2.35. The molecule has 1 saturated heterocycles. The molecule has 33 heavy (non-hydrogen) atoms. The first-order valence-corrected chi connectivity index (χ1v) is 12.5. The van der Waals surface area contributed by atoms with Crippen LogP contribution >= 0.6 is 11.6 Å². The minimum Gasteiger partial charge on any atom is -0.373 e. The molecule has 0 saturated carbocycles. The Morgan fingerprint density at radius 3 is 2.61 bits per heavy atom. The average molecular weight is 498 g/mol. The van der Waals surface area contributed by atoms with Gasteiger partial charge >= 0.3 is 0 Å². The Hall–Kier alpha value is -2.56. The van der Waals surface area contributed by atoms with Gasteiger partial charge in [0.05, 0.1) is 45.8 Å². The number of amides is 1. The van der Waals surface area contributed by atoms with Gasteiger partial charge < -0.3 is 14.2 Å². The Balaban J connectivity index is 1.88. The number of hydrogen-bond acceptors (Lipinski definition) is 5. The van der Waals surface area contributed by atoms with Crippen LogP contribution in [-0.2, 0) is 25.9 Å². The molecule has 0 aliphatic carbocycles. The highest BCUT2D eigenvalue weighted by atomic mass is 35.5. The van der Waals surface area contributed by atoms with E-state index < -0.39 is 27.6 Å². The summed E-state index contributed by atoms with van der Waals surface area (Å²) < 4.78 is 60.8. The quantitative estimate of drug-likeness (QED) is 0.550. The van der Waals surface area contributed by atoms with Crippen molar-refractivity contribution in [2.75, 3.05) is 26.0 Å². The number of sulfone groups is 1. The molecule has 2 aromatic carbocycles.